The Hall–Kier alpha value is -1.94. The molecule has 1 aromatic heterocycles. The van der Waals surface area contributed by atoms with E-state index in [4.69, 9.17) is 22.7 Å². The van der Waals surface area contributed by atoms with Gasteiger partial charge in [-0.05, 0) is 43.2 Å². The van der Waals surface area contributed by atoms with Crippen molar-refractivity contribution in [2.45, 2.75) is 13.8 Å². The number of hydrogen-bond donors (Lipinski definition) is 1. The quantitative estimate of drug-likeness (QED) is 0.859. The van der Waals surface area contributed by atoms with Crippen molar-refractivity contribution in [1.29, 1.82) is 0 Å². The van der Waals surface area contributed by atoms with Crippen molar-refractivity contribution < 1.29 is 4.74 Å². The molecule has 0 saturated heterocycles. The molecule has 2 aromatic rings. The van der Waals surface area contributed by atoms with Gasteiger partial charge in [-0.2, -0.15) is 0 Å². The van der Waals surface area contributed by atoms with Crippen molar-refractivity contribution >= 4 is 17.2 Å². The zero-order chi connectivity index (χ0) is 13.1. The Labute approximate surface area is 112 Å². The second kappa shape index (κ2) is 5.14. The highest BCUT2D eigenvalue weighted by molar-refractivity contribution is 7.80. The number of aryl methyl sites for hydroxylation is 2. The molecular formula is C14H14N2OS. The van der Waals surface area contributed by atoms with E-state index in [-0.39, 0.29) is 0 Å². The first-order valence-electron chi connectivity index (χ1n) is 5.56. The van der Waals surface area contributed by atoms with Crippen LogP contribution in [0.2, 0.25) is 0 Å². The van der Waals surface area contributed by atoms with Crippen LogP contribution in [0.15, 0.2) is 36.5 Å². The number of nitrogens with zero attached hydrogens (tertiary/aromatic N) is 1. The first-order valence-corrected chi connectivity index (χ1v) is 5.97. The molecule has 0 atom stereocenters. The van der Waals surface area contributed by atoms with Gasteiger partial charge >= 0.3 is 0 Å². The van der Waals surface area contributed by atoms with Crippen LogP contribution in [0.4, 0.5) is 0 Å². The molecule has 1 heterocycles. The van der Waals surface area contributed by atoms with Gasteiger partial charge in [-0.15, -0.1) is 0 Å². The minimum Gasteiger partial charge on any atom is -0.439 e. The van der Waals surface area contributed by atoms with E-state index in [0.29, 0.717) is 10.9 Å². The van der Waals surface area contributed by atoms with Crippen LogP contribution in [0.5, 0.6) is 11.6 Å². The van der Waals surface area contributed by atoms with Gasteiger partial charge in [0.1, 0.15) is 10.7 Å². The van der Waals surface area contributed by atoms with Gasteiger partial charge in [0.2, 0.25) is 5.88 Å². The molecule has 0 aliphatic heterocycles. The van der Waals surface area contributed by atoms with Crippen LogP contribution in [0.1, 0.15) is 16.7 Å². The lowest BCUT2D eigenvalue weighted by Crippen LogP contribution is -2.09. The molecule has 0 fully saturated rings. The summed E-state index contributed by atoms with van der Waals surface area (Å²) in [6, 6.07) is 9.59. The molecule has 0 spiro atoms. The molecular weight excluding hydrogens is 244 g/mol. The van der Waals surface area contributed by atoms with E-state index >= 15 is 0 Å². The van der Waals surface area contributed by atoms with Crippen LogP contribution in [-0.4, -0.2) is 9.97 Å². The lowest BCUT2D eigenvalue weighted by Gasteiger charge is -2.07. The molecule has 0 saturated carbocycles. The summed E-state index contributed by atoms with van der Waals surface area (Å²) in [5.41, 5.74) is 8.56. The van der Waals surface area contributed by atoms with Gasteiger partial charge in [0, 0.05) is 17.8 Å². The largest absolute Gasteiger partial charge is 0.439 e. The zero-order valence-electron chi connectivity index (χ0n) is 10.3. The number of nitrogens with two attached hydrogens (primary N) is 1. The summed E-state index contributed by atoms with van der Waals surface area (Å²) in [6.07, 6.45) is 1.61. The van der Waals surface area contributed by atoms with Gasteiger partial charge in [-0.1, -0.05) is 18.3 Å². The second-order valence-electron chi connectivity index (χ2n) is 4.17. The molecule has 1 aromatic carbocycles. The Morgan fingerprint density at radius 1 is 1.17 bits per heavy atom. The zero-order valence-corrected chi connectivity index (χ0v) is 11.1. The number of pyridine rings is 1. The first-order chi connectivity index (χ1) is 8.54. The molecule has 0 bridgehead atoms. The molecule has 92 valence electrons. The maximum atomic E-state index is 5.68. The SMILES string of the molecule is Cc1cc(C)cc(Oc2ccc(C(N)=S)cn2)c1. The minimum absolute atomic E-state index is 0.334. The Kier molecular flexibility index (Phi) is 3.58. The predicted molar refractivity (Wildman–Crippen MR) is 76.1 cm³/mol. The third-order valence-electron chi connectivity index (χ3n) is 2.44. The smallest absolute Gasteiger partial charge is 0.219 e. The van der Waals surface area contributed by atoms with Crippen LogP contribution in [-0.2, 0) is 0 Å². The summed E-state index contributed by atoms with van der Waals surface area (Å²) in [5, 5.41) is 0. The Morgan fingerprint density at radius 2 is 1.83 bits per heavy atom. The summed E-state index contributed by atoms with van der Waals surface area (Å²) in [6.45, 7) is 4.06. The van der Waals surface area contributed by atoms with E-state index in [1.807, 2.05) is 26.0 Å². The fraction of sp³-hybridized carbons (Fsp3) is 0.143. The molecule has 0 amide bonds. The van der Waals surface area contributed by atoms with Gasteiger partial charge in [0.25, 0.3) is 0 Å². The van der Waals surface area contributed by atoms with E-state index < -0.39 is 0 Å². The summed E-state index contributed by atoms with van der Waals surface area (Å²) in [7, 11) is 0. The third-order valence-corrected chi connectivity index (χ3v) is 2.67. The summed E-state index contributed by atoms with van der Waals surface area (Å²) < 4.78 is 5.68. The number of ether oxygens (including phenoxy) is 1. The van der Waals surface area contributed by atoms with Crippen molar-refractivity contribution in [2.75, 3.05) is 0 Å². The van der Waals surface area contributed by atoms with Gasteiger partial charge in [-0.3, -0.25) is 0 Å². The molecule has 0 aliphatic rings. The first kappa shape index (κ1) is 12.5. The van der Waals surface area contributed by atoms with Crippen LogP contribution in [0, 0.1) is 13.8 Å². The maximum absolute atomic E-state index is 5.68. The lowest BCUT2D eigenvalue weighted by atomic mass is 10.1. The highest BCUT2D eigenvalue weighted by atomic mass is 32.1. The van der Waals surface area contributed by atoms with Crippen molar-refractivity contribution in [1.82, 2.24) is 4.98 Å². The van der Waals surface area contributed by atoms with Crippen LogP contribution in [0.3, 0.4) is 0 Å². The highest BCUT2D eigenvalue weighted by Crippen LogP contribution is 2.22. The number of aromatic nitrogens is 1. The molecule has 18 heavy (non-hydrogen) atoms. The average Bonchev–Trinajstić information content (AvgIpc) is 2.28. The molecule has 0 aliphatic carbocycles. The molecule has 2 rings (SSSR count). The molecule has 0 unspecified atom stereocenters. The second-order valence-corrected chi connectivity index (χ2v) is 4.61. The highest BCUT2D eigenvalue weighted by Gasteiger charge is 2.02. The van der Waals surface area contributed by atoms with Gasteiger partial charge < -0.3 is 10.5 Å². The van der Waals surface area contributed by atoms with Crippen molar-refractivity contribution in [2.24, 2.45) is 5.73 Å². The number of benzene rings is 1. The van der Waals surface area contributed by atoms with E-state index in [1.165, 1.54) is 0 Å². The van der Waals surface area contributed by atoms with Gasteiger partial charge in [-0.25, -0.2) is 4.98 Å². The molecule has 3 nitrogen and oxygen atoms in total. The lowest BCUT2D eigenvalue weighted by molar-refractivity contribution is 0.462. The Balaban J connectivity index is 2.20. The molecule has 2 N–H and O–H groups in total. The van der Waals surface area contributed by atoms with E-state index in [2.05, 4.69) is 11.1 Å². The fourth-order valence-corrected chi connectivity index (χ4v) is 1.82. The van der Waals surface area contributed by atoms with Crippen LogP contribution < -0.4 is 10.5 Å². The van der Waals surface area contributed by atoms with Crippen molar-refractivity contribution in [3.05, 3.63) is 53.2 Å². The maximum Gasteiger partial charge on any atom is 0.219 e. The number of thiocarbonyl (C=S) groups is 1. The topological polar surface area (TPSA) is 48.1 Å². The van der Waals surface area contributed by atoms with Crippen LogP contribution in [0.25, 0.3) is 0 Å². The summed E-state index contributed by atoms with van der Waals surface area (Å²) >= 11 is 4.87. The van der Waals surface area contributed by atoms with Crippen LogP contribution >= 0.6 is 12.2 Å². The normalized spacial score (nSPS) is 10.1. The third kappa shape index (κ3) is 3.05. The van der Waals surface area contributed by atoms with E-state index in [9.17, 15) is 0 Å². The van der Waals surface area contributed by atoms with Gasteiger partial charge in [0.05, 0.1) is 0 Å². The van der Waals surface area contributed by atoms with Crippen molar-refractivity contribution in [3.63, 3.8) is 0 Å². The Morgan fingerprint density at radius 3 is 2.33 bits per heavy atom. The minimum atomic E-state index is 0.334. The predicted octanol–water partition coefficient (Wildman–Crippen LogP) is 3.12. The fourth-order valence-electron chi connectivity index (χ4n) is 1.70. The van der Waals surface area contributed by atoms with E-state index in [0.717, 1.165) is 22.4 Å². The summed E-state index contributed by atoms with van der Waals surface area (Å²) in [5.74, 6) is 1.31. The average molecular weight is 258 g/mol. The Bertz CT molecular complexity index is 559. The van der Waals surface area contributed by atoms with E-state index in [1.54, 1.807) is 18.3 Å². The number of rotatable bonds is 3. The monoisotopic (exact) mass is 258 g/mol. The molecule has 0 radical (unpaired) electrons. The van der Waals surface area contributed by atoms with Crippen molar-refractivity contribution in [3.8, 4) is 11.6 Å². The molecule has 4 heteroatoms. The number of hydrogen-bond acceptors (Lipinski definition) is 3. The standard InChI is InChI=1S/C14H14N2OS/c1-9-5-10(2)7-12(6-9)17-13-4-3-11(8-16-13)14(15)18/h3-8H,1-2H3,(H2,15,18). The van der Waals surface area contributed by atoms with Gasteiger partial charge in [0.15, 0.2) is 0 Å². The summed E-state index contributed by atoms with van der Waals surface area (Å²) in [4.78, 5) is 4.50.